The molecule has 0 N–H and O–H groups in total. The minimum atomic E-state index is -3.06. The summed E-state index contributed by atoms with van der Waals surface area (Å²) in [6, 6.07) is 8.40. The molecule has 25 heavy (non-hydrogen) atoms. The molecule has 136 valence electrons. The predicted molar refractivity (Wildman–Crippen MR) is 98.7 cm³/mol. The van der Waals surface area contributed by atoms with Crippen LogP contribution in [0.2, 0.25) is 0 Å². The number of sulfonamides is 1. The van der Waals surface area contributed by atoms with Crippen LogP contribution in [0.4, 0.5) is 0 Å². The van der Waals surface area contributed by atoms with Gasteiger partial charge in [-0.1, -0.05) is 6.07 Å². The van der Waals surface area contributed by atoms with Gasteiger partial charge in [0.15, 0.2) is 0 Å². The largest absolute Gasteiger partial charge is 0.261 e. The molecule has 3 heterocycles. The van der Waals surface area contributed by atoms with Gasteiger partial charge < -0.3 is 0 Å². The van der Waals surface area contributed by atoms with Crippen molar-refractivity contribution in [3.8, 4) is 11.4 Å². The van der Waals surface area contributed by atoms with Crippen LogP contribution in [0.1, 0.15) is 38.4 Å². The SMILES string of the molecule is CC(C)n1nccc1-c1cccc(CC2CCN(S(C)(=O)=O)CC2)n1. The molecule has 0 aromatic carbocycles. The van der Waals surface area contributed by atoms with Crippen LogP contribution < -0.4 is 0 Å². The quantitative estimate of drug-likeness (QED) is 0.820. The smallest absolute Gasteiger partial charge is 0.211 e. The fourth-order valence-electron chi connectivity index (χ4n) is 3.41. The summed E-state index contributed by atoms with van der Waals surface area (Å²) in [6.45, 7) is 5.44. The predicted octanol–water partition coefficient (Wildman–Crippen LogP) is 2.74. The Balaban J connectivity index is 1.70. The maximum Gasteiger partial charge on any atom is 0.211 e. The fraction of sp³-hybridized carbons (Fsp3) is 0.556. The van der Waals surface area contributed by atoms with E-state index in [0.29, 0.717) is 19.0 Å². The van der Waals surface area contributed by atoms with E-state index in [1.54, 1.807) is 4.31 Å². The lowest BCUT2D eigenvalue weighted by molar-refractivity contribution is 0.273. The molecule has 0 amide bonds. The maximum atomic E-state index is 11.6. The molecule has 1 saturated heterocycles. The Kier molecular flexibility index (Phi) is 5.24. The van der Waals surface area contributed by atoms with Crippen LogP contribution in [-0.4, -0.2) is 46.8 Å². The van der Waals surface area contributed by atoms with Crippen molar-refractivity contribution in [1.82, 2.24) is 19.1 Å². The molecule has 2 aromatic heterocycles. The van der Waals surface area contributed by atoms with Gasteiger partial charge in [0.1, 0.15) is 0 Å². The Bertz CT molecular complexity index is 821. The maximum absolute atomic E-state index is 11.6. The lowest BCUT2D eigenvalue weighted by Crippen LogP contribution is -2.38. The molecule has 1 fully saturated rings. The molecule has 1 aliphatic rings. The lowest BCUT2D eigenvalue weighted by atomic mass is 9.93. The van der Waals surface area contributed by atoms with Gasteiger partial charge in [0.05, 0.1) is 17.6 Å². The summed E-state index contributed by atoms with van der Waals surface area (Å²) in [6.07, 6.45) is 5.77. The second-order valence-corrected chi connectivity index (χ2v) is 9.06. The van der Waals surface area contributed by atoms with Crippen LogP contribution in [0.5, 0.6) is 0 Å². The Morgan fingerprint density at radius 3 is 2.56 bits per heavy atom. The van der Waals surface area contributed by atoms with Crippen molar-refractivity contribution in [3.63, 3.8) is 0 Å². The molecule has 2 aromatic rings. The molecule has 0 aliphatic carbocycles. The molecule has 1 aliphatic heterocycles. The Labute approximate surface area is 149 Å². The van der Waals surface area contributed by atoms with Crippen LogP contribution in [0.25, 0.3) is 11.4 Å². The lowest BCUT2D eigenvalue weighted by Gasteiger charge is -2.30. The minimum Gasteiger partial charge on any atom is -0.261 e. The van der Waals surface area contributed by atoms with Crippen molar-refractivity contribution in [1.29, 1.82) is 0 Å². The molecule has 0 radical (unpaired) electrons. The van der Waals surface area contributed by atoms with Crippen molar-refractivity contribution < 1.29 is 8.42 Å². The van der Waals surface area contributed by atoms with Gasteiger partial charge in [0.2, 0.25) is 10.0 Å². The zero-order valence-corrected chi connectivity index (χ0v) is 15.9. The van der Waals surface area contributed by atoms with E-state index >= 15 is 0 Å². The van der Waals surface area contributed by atoms with E-state index in [9.17, 15) is 8.42 Å². The number of hydrogen-bond acceptors (Lipinski definition) is 4. The highest BCUT2D eigenvalue weighted by atomic mass is 32.2. The number of pyridine rings is 1. The second-order valence-electron chi connectivity index (χ2n) is 7.08. The average Bonchev–Trinajstić information content (AvgIpc) is 3.05. The number of piperidine rings is 1. The highest BCUT2D eigenvalue weighted by Crippen LogP contribution is 2.25. The molecule has 6 nitrogen and oxygen atoms in total. The van der Waals surface area contributed by atoms with E-state index in [1.807, 2.05) is 29.1 Å². The third-order valence-corrected chi connectivity index (χ3v) is 6.07. The summed E-state index contributed by atoms with van der Waals surface area (Å²) in [5.74, 6) is 0.482. The molecule has 3 rings (SSSR count). The van der Waals surface area contributed by atoms with Crippen LogP contribution in [0.15, 0.2) is 30.5 Å². The zero-order valence-electron chi connectivity index (χ0n) is 15.1. The Morgan fingerprint density at radius 1 is 1.20 bits per heavy atom. The summed E-state index contributed by atoms with van der Waals surface area (Å²) < 4.78 is 26.8. The van der Waals surface area contributed by atoms with Gasteiger partial charge in [-0.3, -0.25) is 9.67 Å². The zero-order chi connectivity index (χ0) is 18.0. The third kappa shape index (κ3) is 4.27. The topological polar surface area (TPSA) is 68.1 Å². The first-order chi connectivity index (χ1) is 11.8. The van der Waals surface area contributed by atoms with E-state index in [2.05, 4.69) is 25.0 Å². The van der Waals surface area contributed by atoms with E-state index < -0.39 is 10.0 Å². The summed E-state index contributed by atoms with van der Waals surface area (Å²) in [4.78, 5) is 4.83. The van der Waals surface area contributed by atoms with Gasteiger partial charge in [0, 0.05) is 31.0 Å². The van der Waals surface area contributed by atoms with Crippen molar-refractivity contribution in [2.24, 2.45) is 5.92 Å². The molecule has 0 spiro atoms. The molecule has 0 atom stereocenters. The molecular formula is C18H26N4O2S. The highest BCUT2D eigenvalue weighted by Gasteiger charge is 2.25. The second kappa shape index (κ2) is 7.25. The fourth-order valence-corrected chi connectivity index (χ4v) is 4.28. The average molecular weight is 362 g/mol. The Hall–Kier alpha value is -1.73. The van der Waals surface area contributed by atoms with E-state index in [4.69, 9.17) is 4.98 Å². The molecule has 0 unspecified atom stereocenters. The summed E-state index contributed by atoms with van der Waals surface area (Å²) >= 11 is 0. The summed E-state index contributed by atoms with van der Waals surface area (Å²) in [7, 11) is -3.06. The van der Waals surface area contributed by atoms with E-state index in [0.717, 1.165) is 36.3 Å². The van der Waals surface area contributed by atoms with Crippen molar-refractivity contribution in [2.45, 2.75) is 39.2 Å². The highest BCUT2D eigenvalue weighted by molar-refractivity contribution is 7.88. The third-order valence-electron chi connectivity index (χ3n) is 4.77. The van der Waals surface area contributed by atoms with Crippen molar-refractivity contribution in [2.75, 3.05) is 19.3 Å². The van der Waals surface area contributed by atoms with Crippen molar-refractivity contribution >= 4 is 10.0 Å². The molecular weight excluding hydrogens is 336 g/mol. The van der Waals surface area contributed by atoms with Gasteiger partial charge in [-0.2, -0.15) is 5.10 Å². The van der Waals surface area contributed by atoms with Crippen LogP contribution in [0.3, 0.4) is 0 Å². The Morgan fingerprint density at radius 2 is 1.92 bits per heavy atom. The first-order valence-electron chi connectivity index (χ1n) is 8.79. The molecule has 0 saturated carbocycles. The van der Waals surface area contributed by atoms with Crippen molar-refractivity contribution in [3.05, 3.63) is 36.2 Å². The van der Waals surface area contributed by atoms with Gasteiger partial charge >= 0.3 is 0 Å². The van der Waals surface area contributed by atoms with E-state index in [1.165, 1.54) is 6.26 Å². The van der Waals surface area contributed by atoms with Gasteiger partial charge in [-0.15, -0.1) is 0 Å². The van der Waals surface area contributed by atoms with E-state index in [-0.39, 0.29) is 6.04 Å². The summed E-state index contributed by atoms with van der Waals surface area (Å²) in [5, 5.41) is 4.38. The molecule has 0 bridgehead atoms. The number of rotatable bonds is 5. The van der Waals surface area contributed by atoms with Crippen LogP contribution in [0, 0.1) is 5.92 Å². The first-order valence-corrected chi connectivity index (χ1v) is 10.6. The van der Waals surface area contributed by atoms with Gasteiger partial charge in [0.25, 0.3) is 0 Å². The number of nitrogens with zero attached hydrogens (tertiary/aromatic N) is 4. The van der Waals surface area contributed by atoms with Crippen LogP contribution in [-0.2, 0) is 16.4 Å². The first kappa shape index (κ1) is 18.1. The van der Waals surface area contributed by atoms with Crippen LogP contribution >= 0.6 is 0 Å². The normalized spacial score (nSPS) is 17.3. The summed E-state index contributed by atoms with van der Waals surface area (Å²) in [5.41, 5.74) is 3.04. The number of hydrogen-bond donors (Lipinski definition) is 0. The molecule has 7 heteroatoms. The van der Waals surface area contributed by atoms with Gasteiger partial charge in [-0.25, -0.2) is 12.7 Å². The minimum absolute atomic E-state index is 0.288. The monoisotopic (exact) mass is 362 g/mol. The standard InChI is InChI=1S/C18H26N4O2S/c1-14(2)22-18(7-10-19-22)17-6-4-5-16(20-17)13-15-8-11-21(12-9-15)25(3,23)24/h4-7,10,14-15H,8-9,11-13H2,1-3H3. The number of aromatic nitrogens is 3. The van der Waals surface area contributed by atoms with Gasteiger partial charge in [-0.05, 0) is 57.2 Å².